The average Bonchev–Trinajstić information content (AvgIpc) is 3.34. The van der Waals surface area contributed by atoms with Crippen LogP contribution in [-0.2, 0) is 0 Å². The molecule has 1 fully saturated rings. The van der Waals surface area contributed by atoms with Crippen LogP contribution in [0.15, 0.2) is 54.6 Å². The summed E-state index contributed by atoms with van der Waals surface area (Å²) in [6, 6.07) is 11.3. The molecule has 1 atom stereocenters. The maximum Gasteiger partial charge on any atom is 0.154 e. The van der Waals surface area contributed by atoms with Crippen molar-refractivity contribution in [1.82, 2.24) is 14.9 Å². The minimum Gasteiger partial charge on any atom is -0.342 e. The van der Waals surface area contributed by atoms with Crippen LogP contribution in [0.5, 0.6) is 0 Å². The zero-order valence-corrected chi connectivity index (χ0v) is 13.3. The highest BCUT2D eigenvalue weighted by atomic mass is 32.2. The zero-order valence-electron chi connectivity index (χ0n) is 12.4. The molecule has 4 nitrogen and oxygen atoms in total. The van der Waals surface area contributed by atoms with Crippen molar-refractivity contribution in [1.29, 1.82) is 0 Å². The van der Waals surface area contributed by atoms with Crippen molar-refractivity contribution in [2.24, 2.45) is 0 Å². The van der Waals surface area contributed by atoms with Crippen molar-refractivity contribution in [3.05, 3.63) is 60.2 Å². The predicted molar refractivity (Wildman–Crippen MR) is 90.9 cm³/mol. The number of benzene rings is 1. The number of nitrogens with one attached hydrogen (secondary N) is 1. The summed E-state index contributed by atoms with van der Waals surface area (Å²) in [5.74, 6) is 0.827. The summed E-state index contributed by atoms with van der Waals surface area (Å²) >= 11 is 1.87. The number of anilines is 1. The standard InChI is InChI=1S/C17H18N4S/c1-12-16(13-5-3-2-4-6-13)22-17(21(12)14-7-8-14)20-15-11-18-9-10-19-15/h2-6,9-11,14,17H,7-8H2,1H3,(H,19,20). The van der Waals surface area contributed by atoms with E-state index in [1.54, 1.807) is 18.6 Å². The van der Waals surface area contributed by atoms with E-state index in [0.717, 1.165) is 5.82 Å². The summed E-state index contributed by atoms with van der Waals surface area (Å²) < 4.78 is 0. The Morgan fingerprint density at radius 1 is 1.18 bits per heavy atom. The Bertz CT molecular complexity index is 682. The summed E-state index contributed by atoms with van der Waals surface area (Å²) in [7, 11) is 0. The van der Waals surface area contributed by atoms with E-state index in [-0.39, 0.29) is 5.50 Å². The molecule has 0 radical (unpaired) electrons. The normalized spacial score (nSPS) is 21.3. The van der Waals surface area contributed by atoms with E-state index >= 15 is 0 Å². The molecule has 2 aromatic rings. The number of aromatic nitrogens is 2. The van der Waals surface area contributed by atoms with E-state index < -0.39 is 0 Å². The van der Waals surface area contributed by atoms with Gasteiger partial charge in [0.05, 0.1) is 6.20 Å². The molecule has 0 saturated heterocycles. The minimum atomic E-state index is 0.194. The lowest BCUT2D eigenvalue weighted by Crippen LogP contribution is -2.35. The van der Waals surface area contributed by atoms with Gasteiger partial charge in [-0.1, -0.05) is 42.1 Å². The van der Waals surface area contributed by atoms with Gasteiger partial charge in [0, 0.05) is 29.0 Å². The molecule has 112 valence electrons. The Morgan fingerprint density at radius 3 is 2.68 bits per heavy atom. The van der Waals surface area contributed by atoms with Gasteiger partial charge < -0.3 is 10.2 Å². The van der Waals surface area contributed by atoms with Crippen LogP contribution in [0.3, 0.4) is 0 Å². The minimum absolute atomic E-state index is 0.194. The summed E-state index contributed by atoms with van der Waals surface area (Å²) in [4.78, 5) is 12.3. The Morgan fingerprint density at radius 2 is 2.00 bits per heavy atom. The number of hydrogen-bond acceptors (Lipinski definition) is 5. The van der Waals surface area contributed by atoms with Gasteiger partial charge in [-0.05, 0) is 25.3 Å². The Hall–Kier alpha value is -2.01. The summed E-state index contributed by atoms with van der Waals surface area (Å²) in [5, 5.41) is 3.52. The van der Waals surface area contributed by atoms with Crippen molar-refractivity contribution < 1.29 is 0 Å². The van der Waals surface area contributed by atoms with Crippen molar-refractivity contribution >= 4 is 22.5 Å². The first-order valence-corrected chi connectivity index (χ1v) is 8.45. The second kappa shape index (κ2) is 5.65. The quantitative estimate of drug-likeness (QED) is 0.931. The van der Waals surface area contributed by atoms with Gasteiger partial charge in [-0.25, -0.2) is 4.98 Å². The Labute approximate surface area is 134 Å². The molecule has 1 N–H and O–H groups in total. The molecule has 1 aliphatic carbocycles. The summed E-state index contributed by atoms with van der Waals surface area (Å²) in [6.45, 7) is 2.23. The number of thioether (sulfide) groups is 1. The fraction of sp³-hybridized carbons (Fsp3) is 0.294. The van der Waals surface area contributed by atoms with Gasteiger partial charge in [-0.2, -0.15) is 0 Å². The molecule has 5 heteroatoms. The Balaban J connectivity index is 1.62. The number of hydrogen-bond donors (Lipinski definition) is 1. The fourth-order valence-electron chi connectivity index (χ4n) is 2.83. The van der Waals surface area contributed by atoms with Crippen LogP contribution < -0.4 is 5.32 Å². The van der Waals surface area contributed by atoms with Crippen LogP contribution in [0.4, 0.5) is 5.82 Å². The maximum absolute atomic E-state index is 4.35. The average molecular weight is 310 g/mol. The molecule has 1 aromatic carbocycles. The third-order valence-electron chi connectivity index (χ3n) is 4.01. The summed E-state index contributed by atoms with van der Waals surface area (Å²) in [5.41, 5.74) is 2.85. The highest BCUT2D eigenvalue weighted by molar-refractivity contribution is 8.09. The van der Waals surface area contributed by atoms with Gasteiger partial charge >= 0.3 is 0 Å². The Kier molecular flexibility index (Phi) is 3.50. The third-order valence-corrected chi connectivity index (χ3v) is 5.34. The lowest BCUT2D eigenvalue weighted by atomic mass is 10.2. The first-order chi connectivity index (χ1) is 10.8. The SMILES string of the molecule is CC1=C(c2ccccc2)SC(Nc2cnccn2)N1C1CC1. The van der Waals surface area contributed by atoms with Crippen molar-refractivity contribution in [2.45, 2.75) is 31.3 Å². The summed E-state index contributed by atoms with van der Waals surface area (Å²) in [6.07, 6.45) is 7.76. The van der Waals surface area contributed by atoms with E-state index in [2.05, 4.69) is 57.4 Å². The van der Waals surface area contributed by atoms with E-state index in [1.807, 2.05) is 11.8 Å². The molecule has 2 aliphatic rings. The number of nitrogens with zero attached hydrogens (tertiary/aromatic N) is 3. The predicted octanol–water partition coefficient (Wildman–Crippen LogP) is 3.77. The molecule has 0 amide bonds. The molecule has 1 aliphatic heterocycles. The molecule has 4 rings (SSSR count). The molecule has 0 bridgehead atoms. The van der Waals surface area contributed by atoms with Crippen molar-refractivity contribution in [2.75, 3.05) is 5.32 Å². The van der Waals surface area contributed by atoms with Gasteiger partial charge in [0.15, 0.2) is 5.50 Å². The molecule has 1 unspecified atom stereocenters. The second-order valence-electron chi connectivity index (χ2n) is 5.62. The molecular weight excluding hydrogens is 292 g/mol. The fourth-order valence-corrected chi connectivity index (χ4v) is 4.23. The van der Waals surface area contributed by atoms with Crippen molar-refractivity contribution in [3.63, 3.8) is 0 Å². The largest absolute Gasteiger partial charge is 0.342 e. The van der Waals surface area contributed by atoms with Crippen LogP contribution in [0.1, 0.15) is 25.3 Å². The van der Waals surface area contributed by atoms with Crippen LogP contribution in [-0.4, -0.2) is 26.4 Å². The third kappa shape index (κ3) is 2.57. The topological polar surface area (TPSA) is 41.1 Å². The van der Waals surface area contributed by atoms with E-state index in [0.29, 0.717) is 6.04 Å². The van der Waals surface area contributed by atoms with Crippen LogP contribution in [0.2, 0.25) is 0 Å². The van der Waals surface area contributed by atoms with E-state index in [9.17, 15) is 0 Å². The first-order valence-electron chi connectivity index (χ1n) is 7.57. The maximum atomic E-state index is 4.35. The first kappa shape index (κ1) is 13.6. The molecule has 1 aromatic heterocycles. The van der Waals surface area contributed by atoms with Gasteiger partial charge in [0.25, 0.3) is 0 Å². The lowest BCUT2D eigenvalue weighted by molar-refractivity contribution is 0.343. The van der Waals surface area contributed by atoms with E-state index in [1.165, 1.54) is 29.0 Å². The molecule has 2 heterocycles. The smallest absolute Gasteiger partial charge is 0.154 e. The second-order valence-corrected chi connectivity index (χ2v) is 6.71. The molecule has 0 spiro atoms. The molecular formula is C17H18N4S. The van der Waals surface area contributed by atoms with Gasteiger partial charge in [0.2, 0.25) is 0 Å². The van der Waals surface area contributed by atoms with Crippen LogP contribution in [0, 0.1) is 0 Å². The van der Waals surface area contributed by atoms with E-state index in [4.69, 9.17) is 0 Å². The van der Waals surface area contributed by atoms with Crippen LogP contribution >= 0.6 is 11.8 Å². The highest BCUT2D eigenvalue weighted by Crippen LogP contribution is 2.48. The van der Waals surface area contributed by atoms with Gasteiger partial charge in [-0.3, -0.25) is 4.98 Å². The molecule has 1 saturated carbocycles. The van der Waals surface area contributed by atoms with Crippen molar-refractivity contribution in [3.8, 4) is 0 Å². The van der Waals surface area contributed by atoms with Crippen LogP contribution in [0.25, 0.3) is 4.91 Å². The van der Waals surface area contributed by atoms with Gasteiger partial charge in [-0.15, -0.1) is 0 Å². The lowest BCUT2D eigenvalue weighted by Gasteiger charge is -2.28. The number of allylic oxidation sites excluding steroid dienone is 1. The highest BCUT2D eigenvalue weighted by Gasteiger charge is 2.40. The zero-order chi connectivity index (χ0) is 14.9. The monoisotopic (exact) mass is 310 g/mol. The number of rotatable bonds is 4. The van der Waals surface area contributed by atoms with Gasteiger partial charge in [0.1, 0.15) is 5.82 Å². The molecule has 22 heavy (non-hydrogen) atoms.